The molecule has 0 saturated carbocycles. The number of hydrogen-bond donors (Lipinski definition) is 1. The monoisotopic (exact) mass is 416 g/mol. The van der Waals surface area contributed by atoms with Crippen LogP contribution in [-0.4, -0.2) is 34.0 Å². The molecular formula is C24H24N4O3. The highest BCUT2D eigenvalue weighted by Gasteiger charge is 2.24. The molecule has 1 N–H and O–H groups in total. The lowest BCUT2D eigenvalue weighted by molar-refractivity contribution is 0.102. The van der Waals surface area contributed by atoms with Crippen molar-refractivity contribution in [3.63, 3.8) is 0 Å². The molecule has 0 radical (unpaired) electrons. The van der Waals surface area contributed by atoms with Crippen molar-refractivity contribution in [2.24, 2.45) is 0 Å². The van der Waals surface area contributed by atoms with E-state index in [4.69, 9.17) is 4.74 Å². The summed E-state index contributed by atoms with van der Waals surface area (Å²) < 4.78 is 8.28. The zero-order valence-electron chi connectivity index (χ0n) is 17.5. The van der Waals surface area contributed by atoms with Crippen molar-refractivity contribution in [3.8, 4) is 16.9 Å². The Morgan fingerprint density at radius 2 is 1.81 bits per heavy atom. The van der Waals surface area contributed by atoms with E-state index in [0.717, 1.165) is 6.42 Å². The minimum absolute atomic E-state index is 0.269. The number of nitrogens with zero attached hydrogens (tertiary/aromatic N) is 3. The third-order valence-corrected chi connectivity index (χ3v) is 5.14. The van der Waals surface area contributed by atoms with E-state index in [2.05, 4.69) is 17.3 Å². The van der Waals surface area contributed by atoms with E-state index in [1.807, 2.05) is 42.5 Å². The summed E-state index contributed by atoms with van der Waals surface area (Å²) in [6, 6.07) is 16.9. The summed E-state index contributed by atoms with van der Waals surface area (Å²) in [6.45, 7) is 3.04. The summed E-state index contributed by atoms with van der Waals surface area (Å²) in [4.78, 5) is 26.2. The van der Waals surface area contributed by atoms with Gasteiger partial charge in [0.1, 0.15) is 5.69 Å². The largest absolute Gasteiger partial charge is 0.383 e. The molecule has 0 fully saturated rings. The molecule has 0 bridgehead atoms. The van der Waals surface area contributed by atoms with Gasteiger partial charge in [-0.05, 0) is 36.2 Å². The van der Waals surface area contributed by atoms with Gasteiger partial charge < -0.3 is 14.6 Å². The van der Waals surface area contributed by atoms with Gasteiger partial charge in [0.25, 0.3) is 11.5 Å². The highest BCUT2D eigenvalue weighted by Crippen LogP contribution is 2.23. The van der Waals surface area contributed by atoms with Gasteiger partial charge in [0.2, 0.25) is 0 Å². The van der Waals surface area contributed by atoms with Crippen molar-refractivity contribution < 1.29 is 9.53 Å². The predicted octanol–water partition coefficient (Wildman–Crippen LogP) is 3.60. The molecule has 31 heavy (non-hydrogen) atoms. The number of carbonyl (C=O) groups is 1. The maximum atomic E-state index is 13.2. The van der Waals surface area contributed by atoms with Crippen LogP contribution < -0.4 is 10.9 Å². The smallest absolute Gasteiger partial charge is 0.282 e. The first-order valence-corrected chi connectivity index (χ1v) is 10.2. The van der Waals surface area contributed by atoms with Crippen molar-refractivity contribution in [1.29, 1.82) is 0 Å². The Balaban J connectivity index is 1.77. The first-order chi connectivity index (χ1) is 15.1. The zero-order chi connectivity index (χ0) is 21.8. The topological polar surface area (TPSA) is 78.2 Å². The van der Waals surface area contributed by atoms with Gasteiger partial charge in [-0.2, -0.15) is 9.78 Å². The second-order valence-electron chi connectivity index (χ2n) is 7.22. The van der Waals surface area contributed by atoms with E-state index in [1.54, 1.807) is 36.2 Å². The van der Waals surface area contributed by atoms with Crippen LogP contribution in [0.1, 0.15) is 22.8 Å². The van der Waals surface area contributed by atoms with Crippen molar-refractivity contribution in [2.45, 2.75) is 19.9 Å². The van der Waals surface area contributed by atoms with E-state index < -0.39 is 0 Å². The Hall–Kier alpha value is -3.71. The Morgan fingerprint density at radius 1 is 1.06 bits per heavy atom. The van der Waals surface area contributed by atoms with Gasteiger partial charge >= 0.3 is 0 Å². The van der Waals surface area contributed by atoms with E-state index in [0.29, 0.717) is 41.3 Å². The molecular weight excluding hydrogens is 392 g/mol. The second-order valence-corrected chi connectivity index (χ2v) is 7.22. The van der Waals surface area contributed by atoms with Crippen LogP contribution in [0.3, 0.4) is 0 Å². The highest BCUT2D eigenvalue weighted by atomic mass is 16.5. The van der Waals surface area contributed by atoms with E-state index >= 15 is 0 Å². The van der Waals surface area contributed by atoms with Crippen LogP contribution in [0, 0.1) is 0 Å². The lowest BCUT2D eigenvalue weighted by atomic mass is 10.1. The molecule has 0 atom stereocenters. The number of anilines is 1. The van der Waals surface area contributed by atoms with E-state index in [1.165, 1.54) is 10.2 Å². The standard InChI is InChI=1S/C24H24N4O3/c1-3-17-9-11-18(12-10-17)25-23(29)20-15-27(13-14-31-2)16-21-22(20)26-28(24(21)30)19-7-5-4-6-8-19/h4-12,15-16H,3,13-14H2,1-2H3,(H,25,29). The van der Waals surface area contributed by atoms with Crippen LogP contribution in [0.4, 0.5) is 5.69 Å². The molecule has 0 spiro atoms. The fourth-order valence-electron chi connectivity index (χ4n) is 3.42. The normalized spacial score (nSPS) is 11.0. The molecule has 158 valence electrons. The summed E-state index contributed by atoms with van der Waals surface area (Å²) in [5, 5.41) is 7.41. The number of amides is 1. The zero-order valence-corrected chi connectivity index (χ0v) is 17.5. The number of nitrogens with one attached hydrogen (secondary N) is 1. The second kappa shape index (κ2) is 8.97. The van der Waals surface area contributed by atoms with Gasteiger partial charge in [-0.15, -0.1) is 0 Å². The Labute approximate surface area is 180 Å². The van der Waals surface area contributed by atoms with E-state index in [9.17, 15) is 9.59 Å². The van der Waals surface area contributed by atoms with Crippen LogP contribution in [0.25, 0.3) is 16.9 Å². The molecule has 0 aromatic heterocycles. The Kier molecular flexibility index (Phi) is 5.95. The highest BCUT2D eigenvalue weighted by molar-refractivity contribution is 6.08. The summed E-state index contributed by atoms with van der Waals surface area (Å²) in [6.07, 6.45) is 4.35. The summed E-state index contributed by atoms with van der Waals surface area (Å²) in [5.74, 6) is -0.321. The third kappa shape index (κ3) is 4.27. The summed E-state index contributed by atoms with van der Waals surface area (Å²) in [7, 11) is 1.61. The molecule has 2 aliphatic heterocycles. The Bertz CT molecular complexity index is 1210. The SMILES string of the molecule is CCc1ccc(NC(=O)c2cn(CCOC)cc3c(=O)n(-c4ccccc4)nc2-3)cc1. The lowest BCUT2D eigenvalue weighted by Gasteiger charge is -2.13. The van der Waals surface area contributed by atoms with Crippen molar-refractivity contribution in [1.82, 2.24) is 14.3 Å². The van der Waals surface area contributed by atoms with Crippen LogP contribution in [0.5, 0.6) is 0 Å². The fraction of sp³-hybridized carbons (Fsp3) is 0.208. The number of carbonyl (C=O) groups excluding carboxylic acids is 1. The molecule has 2 heterocycles. The van der Waals surface area contributed by atoms with Crippen LogP contribution in [0.15, 0.2) is 71.8 Å². The van der Waals surface area contributed by atoms with Crippen LogP contribution in [0.2, 0.25) is 0 Å². The van der Waals surface area contributed by atoms with Crippen LogP contribution >= 0.6 is 0 Å². The molecule has 0 unspecified atom stereocenters. The third-order valence-electron chi connectivity index (χ3n) is 5.14. The van der Waals surface area contributed by atoms with Crippen molar-refractivity contribution in [2.75, 3.05) is 19.0 Å². The van der Waals surface area contributed by atoms with Gasteiger partial charge in [-0.25, -0.2) is 0 Å². The number of methoxy groups -OCH3 is 1. The fourth-order valence-corrected chi connectivity index (χ4v) is 3.42. The molecule has 0 saturated heterocycles. The van der Waals surface area contributed by atoms with Crippen molar-refractivity contribution >= 4 is 11.6 Å². The maximum Gasteiger partial charge on any atom is 0.282 e. The average Bonchev–Trinajstić information content (AvgIpc) is 3.14. The number of benzene rings is 2. The quantitative estimate of drug-likeness (QED) is 0.499. The molecule has 7 nitrogen and oxygen atoms in total. The number of aryl methyl sites for hydroxylation is 1. The molecule has 2 aromatic carbocycles. The van der Waals surface area contributed by atoms with Crippen LogP contribution in [-0.2, 0) is 17.7 Å². The number of pyridine rings is 1. The van der Waals surface area contributed by atoms with Gasteiger partial charge in [-0.1, -0.05) is 37.3 Å². The minimum atomic E-state index is -0.321. The number of ether oxygens (including phenoxy) is 1. The number of hydrogen-bond acceptors (Lipinski definition) is 4. The first kappa shape index (κ1) is 20.6. The van der Waals surface area contributed by atoms with Gasteiger partial charge in [0, 0.05) is 31.7 Å². The number of para-hydroxylation sites is 1. The minimum Gasteiger partial charge on any atom is -0.383 e. The van der Waals surface area contributed by atoms with Crippen molar-refractivity contribution in [3.05, 3.63) is 88.5 Å². The van der Waals surface area contributed by atoms with Gasteiger partial charge in [0.15, 0.2) is 0 Å². The molecule has 2 aliphatic rings. The predicted molar refractivity (Wildman–Crippen MR) is 120 cm³/mol. The lowest BCUT2D eigenvalue weighted by Crippen LogP contribution is -2.18. The molecule has 0 aliphatic carbocycles. The molecule has 1 amide bonds. The number of rotatable bonds is 7. The van der Waals surface area contributed by atoms with Gasteiger partial charge in [0.05, 0.1) is 23.4 Å². The molecule has 4 rings (SSSR count). The van der Waals surface area contributed by atoms with E-state index in [-0.39, 0.29) is 11.5 Å². The summed E-state index contributed by atoms with van der Waals surface area (Å²) in [5.41, 5.74) is 3.34. The Morgan fingerprint density at radius 3 is 2.48 bits per heavy atom. The first-order valence-electron chi connectivity index (χ1n) is 10.2. The average molecular weight is 416 g/mol. The summed E-state index contributed by atoms with van der Waals surface area (Å²) >= 11 is 0. The van der Waals surface area contributed by atoms with Gasteiger partial charge in [-0.3, -0.25) is 9.59 Å². The molecule has 7 heteroatoms. The molecule has 2 aromatic rings. The number of fused-ring (bicyclic) bond motifs is 1. The maximum absolute atomic E-state index is 13.2. The number of aromatic nitrogens is 3.